The zero-order valence-electron chi connectivity index (χ0n) is 18.6. The number of hydrogen-bond donors (Lipinski definition) is 1. The highest BCUT2D eigenvalue weighted by Gasteiger charge is 2.19. The minimum Gasteiger partial charge on any atom is -0.491 e. The summed E-state index contributed by atoms with van der Waals surface area (Å²) in [6.45, 7) is 8.94. The summed E-state index contributed by atoms with van der Waals surface area (Å²) in [5.41, 5.74) is 2.58. The van der Waals surface area contributed by atoms with Gasteiger partial charge in [-0.3, -0.25) is 9.80 Å². The molecule has 0 radical (unpaired) electrons. The molecule has 0 bridgehead atoms. The predicted octanol–water partition coefficient (Wildman–Crippen LogP) is 4.32. The maximum atomic E-state index is 10.3. The first kappa shape index (κ1) is 29.0. The van der Waals surface area contributed by atoms with Crippen LogP contribution in [-0.2, 0) is 17.7 Å². The Morgan fingerprint density at radius 3 is 2.09 bits per heavy atom. The number of halogens is 3. The number of hydrogen-bond acceptors (Lipinski definition) is 5. The molecule has 0 aliphatic carbocycles. The molecule has 8 heteroatoms. The van der Waals surface area contributed by atoms with Crippen molar-refractivity contribution < 1.29 is 14.6 Å². The molecule has 3 rings (SSSR count). The first-order valence-corrected chi connectivity index (χ1v) is 11.2. The zero-order chi connectivity index (χ0) is 21.2. The van der Waals surface area contributed by atoms with Crippen LogP contribution in [0, 0.1) is 0 Å². The lowest BCUT2D eigenvalue weighted by molar-refractivity contribution is -0.000436. The van der Waals surface area contributed by atoms with Crippen molar-refractivity contribution in [3.63, 3.8) is 0 Å². The van der Waals surface area contributed by atoms with E-state index in [0.717, 1.165) is 49.9 Å². The van der Waals surface area contributed by atoms with Crippen molar-refractivity contribution in [2.75, 3.05) is 52.5 Å². The normalized spacial score (nSPS) is 15.5. The molecule has 1 unspecified atom stereocenters. The van der Waals surface area contributed by atoms with E-state index in [0.29, 0.717) is 26.4 Å². The Bertz CT molecular complexity index is 739. The van der Waals surface area contributed by atoms with Crippen LogP contribution in [0.15, 0.2) is 48.5 Å². The number of piperazine rings is 1. The number of ether oxygens (including phenoxy) is 2. The molecular weight excluding hydrogens is 471 g/mol. The number of rotatable bonds is 11. The third kappa shape index (κ3) is 10.3. The van der Waals surface area contributed by atoms with Gasteiger partial charge in [0.1, 0.15) is 12.4 Å². The lowest BCUT2D eigenvalue weighted by Gasteiger charge is -2.35. The number of β-amino-alcohol motifs (C(OH)–C–C–N with tert-alkyl or cyclic N) is 1. The fraction of sp³-hybridized carbons (Fsp3) is 0.500. The van der Waals surface area contributed by atoms with Gasteiger partial charge in [-0.1, -0.05) is 42.8 Å². The SMILES string of the molecule is CCc1ccc(OCCOCC(O)CN2CCN(Cc3ccc(Cl)cc3)CC2)cc1.Cl.Cl. The van der Waals surface area contributed by atoms with Gasteiger partial charge in [-0.15, -0.1) is 24.8 Å². The van der Waals surface area contributed by atoms with Crippen LogP contribution < -0.4 is 4.74 Å². The van der Waals surface area contributed by atoms with E-state index in [1.54, 1.807) is 0 Å². The third-order valence-corrected chi connectivity index (χ3v) is 5.64. The molecule has 0 saturated carbocycles. The molecule has 0 aromatic heterocycles. The molecular formula is C24H35Cl3N2O3. The molecule has 1 aliphatic heterocycles. The number of nitrogens with zero attached hydrogens (tertiary/aromatic N) is 2. The van der Waals surface area contributed by atoms with E-state index in [2.05, 4.69) is 41.0 Å². The van der Waals surface area contributed by atoms with Crippen LogP contribution in [0.4, 0.5) is 0 Å². The van der Waals surface area contributed by atoms with Crippen molar-refractivity contribution in [1.82, 2.24) is 9.80 Å². The lowest BCUT2D eigenvalue weighted by atomic mass is 10.2. The Hall–Kier alpha value is -1.05. The highest BCUT2D eigenvalue weighted by Crippen LogP contribution is 2.14. The monoisotopic (exact) mass is 504 g/mol. The average molecular weight is 506 g/mol. The summed E-state index contributed by atoms with van der Waals surface area (Å²) in [5, 5.41) is 11.0. The predicted molar refractivity (Wildman–Crippen MR) is 136 cm³/mol. The van der Waals surface area contributed by atoms with Crippen LogP contribution in [0.5, 0.6) is 5.75 Å². The smallest absolute Gasteiger partial charge is 0.119 e. The second-order valence-electron chi connectivity index (χ2n) is 7.78. The molecule has 2 aromatic carbocycles. The van der Waals surface area contributed by atoms with Gasteiger partial charge in [0.25, 0.3) is 0 Å². The maximum absolute atomic E-state index is 10.3. The lowest BCUT2D eigenvalue weighted by Crippen LogP contribution is -2.48. The Kier molecular flexibility index (Phi) is 14.2. The van der Waals surface area contributed by atoms with E-state index in [-0.39, 0.29) is 24.8 Å². The number of benzene rings is 2. The Labute approximate surface area is 209 Å². The van der Waals surface area contributed by atoms with Gasteiger partial charge in [0.2, 0.25) is 0 Å². The fourth-order valence-electron chi connectivity index (χ4n) is 3.59. The molecule has 1 saturated heterocycles. The molecule has 1 heterocycles. The van der Waals surface area contributed by atoms with Crippen LogP contribution in [0.25, 0.3) is 0 Å². The summed E-state index contributed by atoms with van der Waals surface area (Å²) in [7, 11) is 0. The molecule has 0 amide bonds. The summed E-state index contributed by atoms with van der Waals surface area (Å²) in [4.78, 5) is 4.74. The second kappa shape index (κ2) is 15.7. The standard InChI is InChI=1S/C24H33ClN2O3.2ClH/c1-2-20-5-9-24(10-6-20)30-16-15-29-19-23(28)18-27-13-11-26(12-14-27)17-21-3-7-22(25)8-4-21;;/h3-10,23,28H,2,11-19H2,1H3;2*1H. The summed E-state index contributed by atoms with van der Waals surface area (Å²) in [5.74, 6) is 0.854. The topological polar surface area (TPSA) is 45.2 Å². The highest BCUT2D eigenvalue weighted by molar-refractivity contribution is 6.30. The maximum Gasteiger partial charge on any atom is 0.119 e. The van der Waals surface area contributed by atoms with Gasteiger partial charge in [-0.05, 0) is 41.8 Å². The number of aryl methyl sites for hydroxylation is 1. The molecule has 2 aromatic rings. The minimum atomic E-state index is -0.475. The molecule has 0 spiro atoms. The van der Waals surface area contributed by atoms with Gasteiger partial charge in [0.05, 0.1) is 19.3 Å². The van der Waals surface area contributed by atoms with E-state index in [1.165, 1.54) is 11.1 Å². The fourth-order valence-corrected chi connectivity index (χ4v) is 3.71. The van der Waals surface area contributed by atoms with Gasteiger partial charge < -0.3 is 14.6 Å². The van der Waals surface area contributed by atoms with E-state index in [1.807, 2.05) is 24.3 Å². The van der Waals surface area contributed by atoms with Gasteiger partial charge in [0.15, 0.2) is 0 Å². The average Bonchev–Trinajstić information content (AvgIpc) is 2.77. The van der Waals surface area contributed by atoms with Crippen molar-refractivity contribution in [3.8, 4) is 5.75 Å². The molecule has 180 valence electrons. The summed E-state index contributed by atoms with van der Waals surface area (Å²) in [6.07, 6.45) is 0.551. The quantitative estimate of drug-likeness (QED) is 0.461. The molecule has 1 N–H and O–H groups in total. The zero-order valence-corrected chi connectivity index (χ0v) is 21.0. The van der Waals surface area contributed by atoms with Crippen molar-refractivity contribution in [2.45, 2.75) is 26.0 Å². The summed E-state index contributed by atoms with van der Waals surface area (Å²) >= 11 is 5.95. The minimum absolute atomic E-state index is 0. The van der Waals surface area contributed by atoms with Crippen molar-refractivity contribution >= 4 is 36.4 Å². The van der Waals surface area contributed by atoms with E-state index in [4.69, 9.17) is 21.1 Å². The van der Waals surface area contributed by atoms with Gasteiger partial charge in [-0.2, -0.15) is 0 Å². The largest absolute Gasteiger partial charge is 0.491 e. The van der Waals surface area contributed by atoms with Gasteiger partial charge in [-0.25, -0.2) is 0 Å². The second-order valence-corrected chi connectivity index (χ2v) is 8.21. The van der Waals surface area contributed by atoms with Crippen LogP contribution in [0.2, 0.25) is 5.02 Å². The Balaban J connectivity index is 0.00000256. The molecule has 1 aliphatic rings. The highest BCUT2D eigenvalue weighted by atomic mass is 35.5. The van der Waals surface area contributed by atoms with Crippen LogP contribution >= 0.6 is 36.4 Å². The van der Waals surface area contributed by atoms with Crippen LogP contribution in [0.1, 0.15) is 18.1 Å². The summed E-state index contributed by atoms with van der Waals surface area (Å²) < 4.78 is 11.3. The number of aliphatic hydroxyl groups is 1. The van der Waals surface area contributed by atoms with Crippen molar-refractivity contribution in [1.29, 1.82) is 0 Å². The number of aliphatic hydroxyl groups excluding tert-OH is 1. The van der Waals surface area contributed by atoms with E-state index in [9.17, 15) is 5.11 Å². The first-order valence-electron chi connectivity index (χ1n) is 10.8. The van der Waals surface area contributed by atoms with E-state index < -0.39 is 6.10 Å². The van der Waals surface area contributed by atoms with Gasteiger partial charge in [0, 0.05) is 44.3 Å². The third-order valence-electron chi connectivity index (χ3n) is 5.39. The van der Waals surface area contributed by atoms with Crippen LogP contribution in [-0.4, -0.2) is 73.6 Å². The Morgan fingerprint density at radius 2 is 1.47 bits per heavy atom. The molecule has 1 fully saturated rings. The van der Waals surface area contributed by atoms with E-state index >= 15 is 0 Å². The van der Waals surface area contributed by atoms with Crippen molar-refractivity contribution in [3.05, 3.63) is 64.7 Å². The van der Waals surface area contributed by atoms with Crippen LogP contribution in [0.3, 0.4) is 0 Å². The summed E-state index contributed by atoms with van der Waals surface area (Å²) in [6, 6.07) is 16.2. The molecule has 32 heavy (non-hydrogen) atoms. The van der Waals surface area contributed by atoms with Gasteiger partial charge >= 0.3 is 0 Å². The molecule has 1 atom stereocenters. The molecule has 5 nitrogen and oxygen atoms in total. The first-order chi connectivity index (χ1) is 14.6. The van der Waals surface area contributed by atoms with Crippen molar-refractivity contribution in [2.24, 2.45) is 0 Å². The Morgan fingerprint density at radius 1 is 0.875 bits per heavy atom.